The number of rotatable bonds is 11. The van der Waals surface area contributed by atoms with Crippen LogP contribution in [0.5, 0.6) is 5.75 Å². The Balaban J connectivity index is 2.02. The highest BCUT2D eigenvalue weighted by molar-refractivity contribution is 5.79. The fourth-order valence-electron chi connectivity index (χ4n) is 2.87. The van der Waals surface area contributed by atoms with Crippen LogP contribution in [0.25, 0.3) is 0 Å². The zero-order valence-electron chi connectivity index (χ0n) is 18.0. The molecule has 2 aromatic carbocycles. The maximum atomic E-state index is 13.9. The third-order valence-corrected chi connectivity index (χ3v) is 4.45. The molecule has 0 aromatic heterocycles. The number of methoxy groups -OCH3 is 1. The molecule has 30 heavy (non-hydrogen) atoms. The van der Waals surface area contributed by atoms with Crippen LogP contribution in [0.3, 0.4) is 0 Å². The number of benzene rings is 2. The number of halogens is 1. The van der Waals surface area contributed by atoms with Crippen molar-refractivity contribution in [2.45, 2.75) is 32.9 Å². The molecular weight excluding hydrogens is 385 g/mol. The predicted octanol–water partition coefficient (Wildman–Crippen LogP) is 3.34. The summed E-state index contributed by atoms with van der Waals surface area (Å²) in [5.74, 6) is 0.916. The number of aliphatic imine (C=N–C) groups is 1. The van der Waals surface area contributed by atoms with Gasteiger partial charge in [0.05, 0.1) is 19.3 Å². The largest absolute Gasteiger partial charge is 0.493 e. The van der Waals surface area contributed by atoms with Gasteiger partial charge in [0.1, 0.15) is 11.6 Å². The minimum Gasteiger partial charge on any atom is -0.493 e. The molecule has 0 saturated heterocycles. The summed E-state index contributed by atoms with van der Waals surface area (Å²) in [5.41, 5.74) is 2.33. The van der Waals surface area contributed by atoms with E-state index in [0.29, 0.717) is 32.3 Å². The zero-order chi connectivity index (χ0) is 21.8. The van der Waals surface area contributed by atoms with E-state index in [0.717, 1.165) is 23.3 Å². The standard InChI is InChI=1S/C23H32FN3O3/c1-4-25-23(27-16-21(28)19-8-5-6-9-20(19)24)26-15-18-11-10-17(2)14-22(18)30-13-7-12-29-3/h5-6,8-11,14,21,28H,4,7,12-13,15-16H2,1-3H3,(H2,25,26,27). The second kappa shape index (κ2) is 12.8. The first-order valence-electron chi connectivity index (χ1n) is 10.2. The third-order valence-electron chi connectivity index (χ3n) is 4.45. The van der Waals surface area contributed by atoms with Crippen molar-refractivity contribution in [1.29, 1.82) is 0 Å². The molecule has 7 heteroatoms. The van der Waals surface area contributed by atoms with Crippen molar-refractivity contribution in [2.24, 2.45) is 4.99 Å². The highest BCUT2D eigenvalue weighted by Crippen LogP contribution is 2.21. The van der Waals surface area contributed by atoms with E-state index < -0.39 is 11.9 Å². The molecule has 0 aliphatic heterocycles. The number of hydrogen-bond donors (Lipinski definition) is 3. The second-order valence-corrected chi connectivity index (χ2v) is 6.92. The normalized spacial score (nSPS) is 12.5. The Bertz CT molecular complexity index is 814. The zero-order valence-corrected chi connectivity index (χ0v) is 18.0. The van der Waals surface area contributed by atoms with Crippen LogP contribution in [0.1, 0.15) is 36.1 Å². The predicted molar refractivity (Wildman–Crippen MR) is 117 cm³/mol. The lowest BCUT2D eigenvalue weighted by atomic mass is 10.1. The minimum atomic E-state index is -0.978. The summed E-state index contributed by atoms with van der Waals surface area (Å²) in [5, 5.41) is 16.5. The van der Waals surface area contributed by atoms with Crippen molar-refractivity contribution in [3.63, 3.8) is 0 Å². The van der Waals surface area contributed by atoms with Crippen molar-refractivity contribution in [3.8, 4) is 5.75 Å². The maximum absolute atomic E-state index is 13.9. The smallest absolute Gasteiger partial charge is 0.191 e. The number of nitrogens with one attached hydrogen (secondary N) is 2. The molecule has 0 aliphatic rings. The van der Waals surface area contributed by atoms with Crippen molar-refractivity contribution in [2.75, 3.05) is 33.4 Å². The van der Waals surface area contributed by atoms with Gasteiger partial charge in [-0.2, -0.15) is 0 Å². The van der Waals surface area contributed by atoms with Gasteiger partial charge in [0.2, 0.25) is 0 Å². The summed E-state index contributed by atoms with van der Waals surface area (Å²) in [6, 6.07) is 12.2. The van der Waals surface area contributed by atoms with Gasteiger partial charge in [-0.1, -0.05) is 30.3 Å². The van der Waals surface area contributed by atoms with Crippen LogP contribution in [0.15, 0.2) is 47.5 Å². The first-order valence-corrected chi connectivity index (χ1v) is 10.2. The molecule has 1 unspecified atom stereocenters. The van der Waals surface area contributed by atoms with Crippen LogP contribution in [-0.4, -0.2) is 44.5 Å². The van der Waals surface area contributed by atoms with Crippen molar-refractivity contribution >= 4 is 5.96 Å². The molecule has 0 heterocycles. The summed E-state index contributed by atoms with van der Waals surface area (Å²) < 4.78 is 24.8. The van der Waals surface area contributed by atoms with Crippen LogP contribution in [-0.2, 0) is 11.3 Å². The molecule has 0 radical (unpaired) electrons. The van der Waals surface area contributed by atoms with Gasteiger partial charge in [-0.05, 0) is 31.5 Å². The maximum Gasteiger partial charge on any atom is 0.191 e. The average molecular weight is 418 g/mol. The molecule has 164 valence electrons. The van der Waals surface area contributed by atoms with Crippen LogP contribution in [0.2, 0.25) is 0 Å². The Morgan fingerprint density at radius 2 is 1.97 bits per heavy atom. The molecular formula is C23H32FN3O3. The van der Waals surface area contributed by atoms with E-state index in [2.05, 4.69) is 15.6 Å². The Morgan fingerprint density at radius 1 is 1.17 bits per heavy atom. The number of aliphatic hydroxyl groups is 1. The summed E-state index contributed by atoms with van der Waals surface area (Å²) in [4.78, 5) is 4.59. The fourth-order valence-corrected chi connectivity index (χ4v) is 2.87. The van der Waals surface area contributed by atoms with Crippen LogP contribution in [0.4, 0.5) is 4.39 Å². The molecule has 2 rings (SSSR count). The van der Waals surface area contributed by atoms with Gasteiger partial charge in [0.15, 0.2) is 5.96 Å². The number of nitrogens with zero attached hydrogens (tertiary/aromatic N) is 1. The van der Waals surface area contributed by atoms with Crippen molar-refractivity contribution in [1.82, 2.24) is 10.6 Å². The summed E-state index contributed by atoms with van der Waals surface area (Å²) in [6.45, 7) is 6.41. The van der Waals surface area contributed by atoms with Gasteiger partial charge in [-0.3, -0.25) is 0 Å². The number of aryl methyl sites for hydroxylation is 1. The summed E-state index contributed by atoms with van der Waals surface area (Å²) in [7, 11) is 1.67. The Morgan fingerprint density at radius 3 is 2.70 bits per heavy atom. The van der Waals surface area contributed by atoms with Gasteiger partial charge < -0.3 is 25.2 Å². The lowest BCUT2D eigenvalue weighted by molar-refractivity contribution is 0.171. The van der Waals surface area contributed by atoms with E-state index in [1.54, 1.807) is 25.3 Å². The van der Waals surface area contributed by atoms with Crippen molar-refractivity contribution in [3.05, 3.63) is 65.0 Å². The van der Waals surface area contributed by atoms with Gasteiger partial charge in [0, 0.05) is 44.4 Å². The highest BCUT2D eigenvalue weighted by atomic mass is 19.1. The SMILES string of the molecule is CCNC(=NCc1ccc(C)cc1OCCCOC)NCC(O)c1ccccc1F. The van der Waals surface area contributed by atoms with Crippen molar-refractivity contribution < 1.29 is 19.0 Å². The Kier molecular flexibility index (Phi) is 10.1. The van der Waals surface area contributed by atoms with E-state index in [1.165, 1.54) is 6.07 Å². The number of hydrogen-bond acceptors (Lipinski definition) is 4. The molecule has 0 saturated carbocycles. The number of guanidine groups is 1. The second-order valence-electron chi connectivity index (χ2n) is 6.92. The summed E-state index contributed by atoms with van der Waals surface area (Å²) >= 11 is 0. The van der Waals surface area contributed by atoms with E-state index in [4.69, 9.17) is 9.47 Å². The van der Waals surface area contributed by atoms with Crippen LogP contribution >= 0.6 is 0 Å². The van der Waals surface area contributed by atoms with Crippen LogP contribution < -0.4 is 15.4 Å². The lowest BCUT2D eigenvalue weighted by Gasteiger charge is -2.16. The number of aliphatic hydroxyl groups excluding tert-OH is 1. The minimum absolute atomic E-state index is 0.140. The molecule has 0 aliphatic carbocycles. The Hall–Kier alpha value is -2.64. The average Bonchev–Trinajstić information content (AvgIpc) is 2.74. The first kappa shape index (κ1) is 23.6. The lowest BCUT2D eigenvalue weighted by Crippen LogP contribution is -2.39. The molecule has 1 atom stereocenters. The van der Waals surface area contributed by atoms with E-state index in [9.17, 15) is 9.50 Å². The van der Waals surface area contributed by atoms with E-state index in [1.807, 2.05) is 32.0 Å². The molecule has 3 N–H and O–H groups in total. The topological polar surface area (TPSA) is 75.1 Å². The first-order chi connectivity index (χ1) is 14.5. The molecule has 0 amide bonds. The van der Waals surface area contributed by atoms with Gasteiger partial charge in [-0.15, -0.1) is 0 Å². The third kappa shape index (κ3) is 7.65. The highest BCUT2D eigenvalue weighted by Gasteiger charge is 2.13. The van der Waals surface area contributed by atoms with Crippen LogP contribution in [0, 0.1) is 12.7 Å². The molecule has 0 bridgehead atoms. The molecule has 0 fully saturated rings. The van der Waals surface area contributed by atoms with E-state index >= 15 is 0 Å². The van der Waals surface area contributed by atoms with Gasteiger partial charge in [0.25, 0.3) is 0 Å². The molecule has 6 nitrogen and oxygen atoms in total. The van der Waals surface area contributed by atoms with E-state index in [-0.39, 0.29) is 12.1 Å². The Labute approximate surface area is 178 Å². The summed E-state index contributed by atoms with van der Waals surface area (Å²) in [6.07, 6.45) is -0.167. The quantitative estimate of drug-likeness (QED) is 0.297. The fraction of sp³-hybridized carbons (Fsp3) is 0.435. The van der Waals surface area contributed by atoms with Gasteiger partial charge in [-0.25, -0.2) is 9.38 Å². The van der Waals surface area contributed by atoms with Gasteiger partial charge >= 0.3 is 0 Å². The molecule has 2 aromatic rings. The monoisotopic (exact) mass is 417 g/mol. The number of ether oxygens (including phenoxy) is 2. The molecule has 0 spiro atoms.